The Morgan fingerprint density at radius 1 is 0.947 bits per heavy atom. The Morgan fingerprint density at radius 3 is 2.55 bits per heavy atom. The summed E-state index contributed by atoms with van der Waals surface area (Å²) in [6.45, 7) is 4.28. The van der Waals surface area contributed by atoms with E-state index in [0.717, 1.165) is 55.6 Å². The lowest BCUT2D eigenvalue weighted by atomic mass is 9.87. The number of hydrogen-bond acceptors (Lipinski definition) is 7. The smallest absolute Gasteiger partial charge is 0.234 e. The first-order chi connectivity index (χ1) is 18.5. The first kappa shape index (κ1) is 26.3. The molecular formula is C29H38N4O5. The lowest BCUT2D eigenvalue weighted by Crippen LogP contribution is -2.39. The van der Waals surface area contributed by atoms with Gasteiger partial charge in [0.2, 0.25) is 11.8 Å². The number of nitrogens with zero attached hydrogens (tertiary/aromatic N) is 1. The Balaban J connectivity index is 1.64. The molecule has 0 radical (unpaired) electrons. The van der Waals surface area contributed by atoms with Gasteiger partial charge in [0.1, 0.15) is 17.8 Å². The van der Waals surface area contributed by atoms with Gasteiger partial charge in [-0.05, 0) is 80.7 Å². The maximum absolute atomic E-state index is 14.4. The molecule has 0 aliphatic carbocycles. The Labute approximate surface area is 223 Å². The first-order valence-corrected chi connectivity index (χ1v) is 13.7. The van der Waals surface area contributed by atoms with Crippen LogP contribution >= 0.6 is 0 Å². The molecule has 3 atom stereocenters. The fourth-order valence-corrected chi connectivity index (χ4v) is 5.66. The van der Waals surface area contributed by atoms with Crippen LogP contribution in [0, 0.1) is 0 Å². The summed E-state index contributed by atoms with van der Waals surface area (Å²) in [5.41, 5.74) is 2.50. The molecule has 0 saturated heterocycles. The second-order valence-electron chi connectivity index (χ2n) is 10.3. The molecule has 3 aliphatic rings. The van der Waals surface area contributed by atoms with Gasteiger partial charge in [-0.15, -0.1) is 0 Å². The van der Waals surface area contributed by atoms with Gasteiger partial charge in [-0.3, -0.25) is 9.59 Å². The molecule has 5 rings (SSSR count). The SMILES string of the molecule is COc1cc2cc3c1O[C@@H](c1ccc(O)cc1)[C@@H]3C(=O)N1CCCCNCCCN[C@@H]2CC(=O)NCCC1. The monoisotopic (exact) mass is 522 g/mol. The van der Waals surface area contributed by atoms with Crippen LogP contribution in [0.4, 0.5) is 0 Å². The molecule has 0 aromatic heterocycles. The van der Waals surface area contributed by atoms with Crippen molar-refractivity contribution in [2.75, 3.05) is 46.4 Å². The van der Waals surface area contributed by atoms with Crippen LogP contribution in [0.15, 0.2) is 36.4 Å². The number of methoxy groups -OCH3 is 1. The molecule has 0 saturated carbocycles. The number of ether oxygens (including phenoxy) is 2. The van der Waals surface area contributed by atoms with E-state index in [1.807, 2.05) is 29.2 Å². The van der Waals surface area contributed by atoms with Crippen molar-refractivity contribution in [3.8, 4) is 17.2 Å². The zero-order chi connectivity index (χ0) is 26.5. The third kappa shape index (κ3) is 5.73. The molecular weight excluding hydrogens is 484 g/mol. The molecule has 9 heteroatoms. The summed E-state index contributed by atoms with van der Waals surface area (Å²) in [6, 6.07) is 10.6. The number of benzene rings is 2. The molecule has 3 heterocycles. The van der Waals surface area contributed by atoms with E-state index in [1.165, 1.54) is 0 Å². The van der Waals surface area contributed by atoms with Crippen LogP contribution < -0.4 is 25.4 Å². The molecule has 4 bridgehead atoms. The molecule has 0 unspecified atom stereocenters. The molecule has 0 spiro atoms. The predicted octanol–water partition coefficient (Wildman–Crippen LogP) is 2.76. The van der Waals surface area contributed by atoms with Gasteiger partial charge in [0.05, 0.1) is 7.11 Å². The highest BCUT2D eigenvalue weighted by atomic mass is 16.5. The van der Waals surface area contributed by atoms with Gasteiger partial charge in [-0.25, -0.2) is 0 Å². The maximum Gasteiger partial charge on any atom is 0.234 e. The van der Waals surface area contributed by atoms with Crippen LogP contribution in [-0.4, -0.2) is 68.2 Å². The minimum atomic E-state index is -0.570. The van der Waals surface area contributed by atoms with Crippen LogP contribution in [-0.2, 0) is 9.59 Å². The standard InChI is InChI=1S/C29H38N4O5/c1-37-24-17-20-16-22-26(27(38-28(22)24)19-6-8-21(34)9-7-19)29(36)33-14-3-2-10-30-11-4-12-31-23(20)18-25(35)32-13-5-15-33/h6-9,16-17,23,26-27,30-31,34H,2-5,10-15,18H2,1H3,(H,32,35)/t23-,26-,27+/m1/s1. The van der Waals surface area contributed by atoms with E-state index in [1.54, 1.807) is 19.2 Å². The molecule has 204 valence electrons. The number of carbonyl (C=O) groups excluding carboxylic acids is 2. The first-order valence-electron chi connectivity index (χ1n) is 13.7. The van der Waals surface area contributed by atoms with E-state index >= 15 is 0 Å². The number of phenols is 1. The van der Waals surface area contributed by atoms with Crippen molar-refractivity contribution in [1.82, 2.24) is 20.9 Å². The second-order valence-corrected chi connectivity index (χ2v) is 10.3. The lowest BCUT2D eigenvalue weighted by Gasteiger charge is -2.28. The second kappa shape index (κ2) is 12.0. The number of amides is 2. The van der Waals surface area contributed by atoms with E-state index < -0.39 is 12.0 Å². The van der Waals surface area contributed by atoms with Crippen molar-refractivity contribution in [2.45, 2.75) is 50.2 Å². The van der Waals surface area contributed by atoms with Crippen LogP contribution in [0.2, 0.25) is 0 Å². The normalized spacial score (nSPS) is 25.0. The number of aromatic hydroxyl groups is 1. The van der Waals surface area contributed by atoms with Gasteiger partial charge in [-0.2, -0.15) is 0 Å². The van der Waals surface area contributed by atoms with Crippen LogP contribution in [0.3, 0.4) is 0 Å². The Bertz CT molecular complexity index is 1140. The summed E-state index contributed by atoms with van der Waals surface area (Å²) in [4.78, 5) is 29.2. The van der Waals surface area contributed by atoms with Crippen molar-refractivity contribution < 1.29 is 24.2 Å². The van der Waals surface area contributed by atoms with Crippen molar-refractivity contribution in [2.24, 2.45) is 0 Å². The summed E-state index contributed by atoms with van der Waals surface area (Å²) in [7, 11) is 1.60. The van der Waals surface area contributed by atoms with Gasteiger partial charge in [0.25, 0.3) is 0 Å². The fraction of sp³-hybridized carbons (Fsp3) is 0.517. The average Bonchev–Trinajstić information content (AvgIpc) is 3.30. The van der Waals surface area contributed by atoms with Crippen molar-refractivity contribution >= 4 is 11.8 Å². The van der Waals surface area contributed by atoms with Gasteiger partial charge in [0.15, 0.2) is 11.5 Å². The molecule has 9 nitrogen and oxygen atoms in total. The molecule has 38 heavy (non-hydrogen) atoms. The fourth-order valence-electron chi connectivity index (χ4n) is 5.66. The zero-order valence-corrected chi connectivity index (χ0v) is 22.0. The van der Waals surface area contributed by atoms with E-state index in [2.05, 4.69) is 16.0 Å². The van der Waals surface area contributed by atoms with Crippen molar-refractivity contribution in [3.63, 3.8) is 0 Å². The third-order valence-electron chi connectivity index (χ3n) is 7.68. The molecule has 2 aromatic rings. The number of phenolic OH excluding ortho intramolecular Hbond substituents is 1. The predicted molar refractivity (Wildman–Crippen MR) is 143 cm³/mol. The third-order valence-corrected chi connectivity index (χ3v) is 7.68. The largest absolute Gasteiger partial charge is 0.508 e. The summed E-state index contributed by atoms with van der Waals surface area (Å²) >= 11 is 0. The number of carbonyl (C=O) groups is 2. The lowest BCUT2D eigenvalue weighted by molar-refractivity contribution is -0.134. The summed E-state index contributed by atoms with van der Waals surface area (Å²) in [6.07, 6.45) is 3.23. The summed E-state index contributed by atoms with van der Waals surface area (Å²) in [5.74, 6) is 0.698. The highest BCUT2D eigenvalue weighted by molar-refractivity contribution is 5.87. The maximum atomic E-state index is 14.4. The van der Waals surface area contributed by atoms with E-state index in [4.69, 9.17) is 9.47 Å². The number of rotatable bonds is 2. The molecule has 2 aromatic carbocycles. The highest BCUT2D eigenvalue weighted by Gasteiger charge is 2.44. The minimum absolute atomic E-state index is 0.0103. The van der Waals surface area contributed by atoms with Gasteiger partial charge < -0.3 is 35.4 Å². The molecule has 0 fully saturated rings. The van der Waals surface area contributed by atoms with Gasteiger partial charge in [-0.1, -0.05) is 12.1 Å². The minimum Gasteiger partial charge on any atom is -0.508 e. The summed E-state index contributed by atoms with van der Waals surface area (Å²) < 4.78 is 12.3. The van der Waals surface area contributed by atoms with Crippen LogP contribution in [0.1, 0.15) is 66.9 Å². The highest BCUT2D eigenvalue weighted by Crippen LogP contribution is 2.52. The Kier molecular flexibility index (Phi) is 8.34. The van der Waals surface area contributed by atoms with Crippen LogP contribution in [0.25, 0.3) is 0 Å². The Morgan fingerprint density at radius 2 is 1.74 bits per heavy atom. The van der Waals surface area contributed by atoms with Gasteiger partial charge >= 0.3 is 0 Å². The number of hydrogen-bond donors (Lipinski definition) is 4. The topological polar surface area (TPSA) is 112 Å². The molecule has 4 N–H and O–H groups in total. The average molecular weight is 523 g/mol. The van der Waals surface area contributed by atoms with Crippen molar-refractivity contribution in [1.29, 1.82) is 0 Å². The Hall–Kier alpha value is -3.30. The van der Waals surface area contributed by atoms with E-state index in [0.29, 0.717) is 44.0 Å². The van der Waals surface area contributed by atoms with Gasteiger partial charge in [0, 0.05) is 37.7 Å². The molecule has 3 aliphatic heterocycles. The van der Waals surface area contributed by atoms with Crippen molar-refractivity contribution in [3.05, 3.63) is 53.1 Å². The number of nitrogens with one attached hydrogen (secondary N) is 3. The molecule has 2 amide bonds. The van der Waals surface area contributed by atoms with E-state index in [-0.39, 0.29) is 23.6 Å². The van der Waals surface area contributed by atoms with E-state index in [9.17, 15) is 14.7 Å². The zero-order valence-electron chi connectivity index (χ0n) is 22.0. The summed E-state index contributed by atoms with van der Waals surface area (Å²) in [5, 5.41) is 20.0. The number of fused-ring (bicyclic) bond motifs is 1. The quantitative estimate of drug-likeness (QED) is 0.480. The van der Waals surface area contributed by atoms with Crippen LogP contribution in [0.5, 0.6) is 17.2 Å².